The van der Waals surface area contributed by atoms with Crippen LogP contribution in [0.25, 0.3) is 0 Å². The Morgan fingerprint density at radius 2 is 0.821 bits per heavy atom. The zero-order chi connectivity index (χ0) is 28.4. The molecule has 192 valence electrons. The minimum absolute atomic E-state index is 0.00340. The number of hydrogen-bond acceptors (Lipinski definition) is 6. The molecule has 0 unspecified atom stereocenters. The Morgan fingerprint density at radius 1 is 0.564 bits per heavy atom. The predicted octanol–water partition coefficient (Wildman–Crippen LogP) is 4.21. The number of allylic oxidation sites excluding steroid dienone is 9. The third-order valence-electron chi connectivity index (χ3n) is 7.65. The summed E-state index contributed by atoms with van der Waals surface area (Å²) >= 11 is 0. The Kier molecular flexibility index (Phi) is 6.80. The highest BCUT2D eigenvalue weighted by Crippen LogP contribution is 2.45. The summed E-state index contributed by atoms with van der Waals surface area (Å²) in [5, 5.41) is 30.5. The first-order valence-corrected chi connectivity index (χ1v) is 11.9. The first-order valence-electron chi connectivity index (χ1n) is 11.9. The summed E-state index contributed by atoms with van der Waals surface area (Å²) in [4.78, 5) is 35.1. The molecule has 0 bridgehead atoms. The smallest absolute Gasteiger partial charge is 0.149 e. The molecule has 0 saturated carbocycles. The SMILES string of the molecule is C#CC1(c2cc(C3(C#C)C=CC(O)=C(C=O)C3)cc(C3(C#C)C=CC(O)=C(C=O)C3)c2)C=CC(O)=C(C=O)C1. The Bertz CT molecular complexity index is 1400. The van der Waals surface area contributed by atoms with E-state index >= 15 is 0 Å². The third-order valence-corrected chi connectivity index (χ3v) is 7.65. The fourth-order valence-corrected chi connectivity index (χ4v) is 5.18. The van der Waals surface area contributed by atoms with E-state index in [2.05, 4.69) is 17.8 Å². The van der Waals surface area contributed by atoms with Gasteiger partial charge in [-0.15, -0.1) is 19.3 Å². The summed E-state index contributed by atoms with van der Waals surface area (Å²) in [7, 11) is 0. The van der Waals surface area contributed by atoms with Crippen molar-refractivity contribution in [2.45, 2.75) is 35.5 Å². The first kappa shape index (κ1) is 26.8. The predicted molar refractivity (Wildman–Crippen MR) is 146 cm³/mol. The quantitative estimate of drug-likeness (QED) is 0.386. The lowest BCUT2D eigenvalue weighted by atomic mass is 9.65. The van der Waals surface area contributed by atoms with Gasteiger partial charge in [-0.2, -0.15) is 0 Å². The van der Waals surface area contributed by atoms with E-state index in [0.717, 1.165) is 0 Å². The monoisotopic (exact) mass is 516 g/mol. The normalized spacial score (nSPS) is 27.9. The Morgan fingerprint density at radius 3 is 1.03 bits per heavy atom. The van der Waals surface area contributed by atoms with Crippen LogP contribution >= 0.6 is 0 Å². The highest BCUT2D eigenvalue weighted by atomic mass is 16.3. The lowest BCUT2D eigenvalue weighted by molar-refractivity contribution is -0.106. The van der Waals surface area contributed by atoms with Crippen LogP contribution in [0.15, 0.2) is 88.7 Å². The molecule has 0 saturated heterocycles. The second-order valence-corrected chi connectivity index (χ2v) is 9.76. The van der Waals surface area contributed by atoms with E-state index in [4.69, 9.17) is 19.3 Å². The second kappa shape index (κ2) is 9.90. The van der Waals surface area contributed by atoms with Gasteiger partial charge in [-0.25, -0.2) is 0 Å². The van der Waals surface area contributed by atoms with E-state index in [1.807, 2.05) is 0 Å². The zero-order valence-electron chi connectivity index (χ0n) is 20.8. The molecule has 0 atom stereocenters. The maximum Gasteiger partial charge on any atom is 0.149 e. The van der Waals surface area contributed by atoms with Crippen molar-refractivity contribution < 1.29 is 29.7 Å². The Balaban J connectivity index is 2.02. The van der Waals surface area contributed by atoms with Gasteiger partial charge in [0.05, 0.1) is 16.2 Å². The van der Waals surface area contributed by atoms with Crippen LogP contribution < -0.4 is 0 Å². The highest BCUT2D eigenvalue weighted by molar-refractivity contribution is 5.79. The van der Waals surface area contributed by atoms with Gasteiger partial charge in [-0.05, 0) is 34.9 Å². The van der Waals surface area contributed by atoms with Crippen molar-refractivity contribution in [2.75, 3.05) is 0 Å². The number of carbonyl (C=O) groups excluding carboxylic acids is 3. The second-order valence-electron chi connectivity index (χ2n) is 9.76. The van der Waals surface area contributed by atoms with E-state index < -0.39 is 16.2 Å². The average Bonchev–Trinajstić information content (AvgIpc) is 2.98. The van der Waals surface area contributed by atoms with Gasteiger partial charge in [0, 0.05) is 36.0 Å². The van der Waals surface area contributed by atoms with Crippen LogP contribution in [-0.2, 0) is 30.6 Å². The number of benzene rings is 1. The van der Waals surface area contributed by atoms with Crippen LogP contribution in [0, 0.1) is 37.0 Å². The molecule has 4 rings (SSSR count). The maximum atomic E-state index is 11.7. The molecule has 3 aliphatic carbocycles. The lowest BCUT2D eigenvalue weighted by Gasteiger charge is -2.36. The van der Waals surface area contributed by atoms with Crippen molar-refractivity contribution in [1.29, 1.82) is 0 Å². The zero-order valence-corrected chi connectivity index (χ0v) is 20.8. The molecule has 3 N–H and O–H groups in total. The number of aliphatic hydroxyl groups excluding tert-OH is 3. The van der Waals surface area contributed by atoms with E-state index in [9.17, 15) is 29.7 Å². The molecule has 0 aromatic heterocycles. The van der Waals surface area contributed by atoms with Crippen molar-refractivity contribution in [3.05, 3.63) is 105 Å². The molecule has 0 radical (unpaired) electrons. The van der Waals surface area contributed by atoms with E-state index in [1.165, 1.54) is 18.2 Å². The number of terminal acetylenes is 3. The van der Waals surface area contributed by atoms with Crippen molar-refractivity contribution in [1.82, 2.24) is 0 Å². The van der Waals surface area contributed by atoms with Crippen LogP contribution in [0.1, 0.15) is 36.0 Å². The van der Waals surface area contributed by atoms with Gasteiger partial charge in [0.2, 0.25) is 0 Å². The summed E-state index contributed by atoms with van der Waals surface area (Å²) in [6, 6.07) is 5.29. The molecule has 1 aromatic carbocycles. The van der Waals surface area contributed by atoms with E-state index in [0.29, 0.717) is 35.5 Å². The van der Waals surface area contributed by atoms with Gasteiger partial charge in [-0.1, -0.05) is 54.2 Å². The fourth-order valence-electron chi connectivity index (χ4n) is 5.18. The summed E-state index contributed by atoms with van der Waals surface area (Å²) in [5.74, 6) is 7.69. The third kappa shape index (κ3) is 4.31. The van der Waals surface area contributed by atoms with Crippen molar-refractivity contribution in [3.8, 4) is 37.0 Å². The number of aldehydes is 3. The van der Waals surface area contributed by atoms with Gasteiger partial charge in [0.15, 0.2) is 0 Å². The molecule has 0 amide bonds. The van der Waals surface area contributed by atoms with Gasteiger partial charge < -0.3 is 15.3 Å². The molecular formula is C33H24O6. The summed E-state index contributed by atoms with van der Waals surface area (Å²) in [6.45, 7) is 0. The first-order chi connectivity index (χ1) is 18.6. The molecular weight excluding hydrogens is 492 g/mol. The highest BCUT2D eigenvalue weighted by Gasteiger charge is 2.40. The number of carbonyl (C=O) groups is 3. The van der Waals surface area contributed by atoms with Crippen LogP contribution in [0.2, 0.25) is 0 Å². The van der Waals surface area contributed by atoms with Gasteiger partial charge >= 0.3 is 0 Å². The molecule has 0 fully saturated rings. The molecule has 0 heterocycles. The summed E-state index contributed by atoms with van der Waals surface area (Å²) in [5.41, 5.74) is -1.58. The van der Waals surface area contributed by atoms with Crippen LogP contribution in [0.3, 0.4) is 0 Å². The van der Waals surface area contributed by atoms with E-state index in [1.54, 1.807) is 36.4 Å². The van der Waals surface area contributed by atoms with Crippen LogP contribution in [0.5, 0.6) is 0 Å². The minimum atomic E-state index is -1.17. The molecule has 0 aliphatic heterocycles. The number of aliphatic hydroxyl groups is 3. The van der Waals surface area contributed by atoms with E-state index in [-0.39, 0.29) is 53.3 Å². The molecule has 1 aromatic rings. The van der Waals surface area contributed by atoms with Crippen LogP contribution in [-0.4, -0.2) is 34.2 Å². The topological polar surface area (TPSA) is 112 Å². The van der Waals surface area contributed by atoms with Gasteiger partial charge in [-0.3, -0.25) is 14.4 Å². The minimum Gasteiger partial charge on any atom is -0.508 e. The van der Waals surface area contributed by atoms with Crippen molar-refractivity contribution >= 4 is 18.9 Å². The fraction of sp³-hybridized carbons (Fsp3) is 0.182. The molecule has 3 aliphatic rings. The van der Waals surface area contributed by atoms with Gasteiger partial charge in [0.25, 0.3) is 0 Å². The molecule has 6 nitrogen and oxygen atoms in total. The largest absolute Gasteiger partial charge is 0.508 e. The number of rotatable bonds is 6. The van der Waals surface area contributed by atoms with Gasteiger partial charge in [0.1, 0.15) is 36.1 Å². The standard InChI is InChI=1S/C33H24O6/c1-4-31(10-7-28(37)22(16-31)19-34)25-13-26(32(5-2)11-8-29(38)23(17-32)20-35)15-27(14-25)33(6-3)12-9-30(39)24(18-33)21-36/h1-3,7-15,19-21,37-39H,16-18H2. The molecule has 6 heteroatoms. The Hall–Kier alpha value is -5.25. The lowest BCUT2D eigenvalue weighted by Crippen LogP contribution is -2.32. The Labute approximate surface area is 226 Å². The average molecular weight is 517 g/mol. The molecule has 0 spiro atoms. The van der Waals surface area contributed by atoms with Crippen molar-refractivity contribution in [2.24, 2.45) is 0 Å². The number of hydrogen-bond donors (Lipinski definition) is 3. The molecule has 39 heavy (non-hydrogen) atoms. The van der Waals surface area contributed by atoms with Crippen molar-refractivity contribution in [3.63, 3.8) is 0 Å². The summed E-state index contributed by atoms with van der Waals surface area (Å²) in [6.07, 6.45) is 28.7. The maximum absolute atomic E-state index is 11.7. The summed E-state index contributed by atoms with van der Waals surface area (Å²) < 4.78 is 0. The van der Waals surface area contributed by atoms with Crippen LogP contribution in [0.4, 0.5) is 0 Å².